The Morgan fingerprint density at radius 1 is 0.902 bits per heavy atom. The number of carbonyl (C=O) groups excluding carboxylic acids is 1. The Bertz CT molecular complexity index is 1910. The molecule has 3 aliphatic rings. The van der Waals surface area contributed by atoms with E-state index in [1.54, 1.807) is 6.07 Å². The van der Waals surface area contributed by atoms with Crippen molar-refractivity contribution in [3.8, 4) is 11.5 Å². The van der Waals surface area contributed by atoms with E-state index in [9.17, 15) is 9.90 Å². The van der Waals surface area contributed by atoms with Crippen LogP contribution in [-0.4, -0.2) is 31.1 Å². The number of ether oxygens (including phenoxy) is 1. The first-order valence-corrected chi connectivity index (χ1v) is 14.4. The fourth-order valence-corrected chi connectivity index (χ4v) is 6.93. The third kappa shape index (κ3) is 4.04. The van der Waals surface area contributed by atoms with Crippen LogP contribution in [0.3, 0.4) is 0 Å². The van der Waals surface area contributed by atoms with E-state index in [2.05, 4.69) is 89.4 Å². The molecule has 3 aromatic carbocycles. The molecule has 0 N–H and O–H groups in total. The molecule has 3 aromatic rings. The van der Waals surface area contributed by atoms with Gasteiger partial charge in [-0.25, -0.2) is 4.58 Å². The minimum Gasteiger partial charge on any atom is -0.545 e. The van der Waals surface area contributed by atoms with E-state index in [1.807, 2.05) is 12.1 Å². The Morgan fingerprint density at radius 3 is 2.24 bits per heavy atom. The predicted molar refractivity (Wildman–Crippen MR) is 166 cm³/mol. The van der Waals surface area contributed by atoms with Gasteiger partial charge in [-0.2, -0.15) is 0 Å². The lowest BCUT2D eigenvalue weighted by molar-refractivity contribution is -0.255. The van der Waals surface area contributed by atoms with Crippen molar-refractivity contribution in [3.05, 3.63) is 97.0 Å². The van der Waals surface area contributed by atoms with Crippen molar-refractivity contribution in [2.24, 2.45) is 0 Å². The van der Waals surface area contributed by atoms with E-state index in [4.69, 9.17) is 27.9 Å². The van der Waals surface area contributed by atoms with Gasteiger partial charge in [0.1, 0.15) is 18.5 Å². The Balaban J connectivity index is 1.81. The van der Waals surface area contributed by atoms with Gasteiger partial charge in [0.05, 0.1) is 22.6 Å². The molecule has 0 aliphatic carbocycles. The number of hydrogen-bond donors (Lipinski definition) is 0. The smallest absolute Gasteiger partial charge is 0.211 e. The van der Waals surface area contributed by atoms with Crippen molar-refractivity contribution >= 4 is 51.6 Å². The molecule has 0 amide bonds. The molecule has 0 unspecified atom stereocenters. The number of halogens is 2. The molecule has 3 aliphatic heterocycles. The zero-order chi connectivity index (χ0) is 29.8. The van der Waals surface area contributed by atoms with Crippen LogP contribution in [0.15, 0.2) is 48.6 Å². The molecule has 0 atom stereocenters. The van der Waals surface area contributed by atoms with Gasteiger partial charge >= 0.3 is 0 Å². The molecule has 210 valence electrons. The van der Waals surface area contributed by atoms with Crippen molar-refractivity contribution < 1.29 is 14.6 Å². The van der Waals surface area contributed by atoms with Gasteiger partial charge in [0, 0.05) is 76.3 Å². The molecular formula is C34H32Cl2N2O3. The van der Waals surface area contributed by atoms with Gasteiger partial charge < -0.3 is 19.5 Å². The number of fused-ring (bicyclic) bond motifs is 4. The Morgan fingerprint density at radius 2 is 1.56 bits per heavy atom. The number of carboxylic acids is 1. The van der Waals surface area contributed by atoms with E-state index < -0.39 is 5.97 Å². The third-order valence-corrected chi connectivity index (χ3v) is 9.58. The summed E-state index contributed by atoms with van der Waals surface area (Å²) in [5, 5.41) is 14.6. The highest BCUT2D eigenvalue weighted by molar-refractivity contribution is 6.37. The van der Waals surface area contributed by atoms with E-state index >= 15 is 0 Å². The Labute approximate surface area is 250 Å². The maximum atomic E-state index is 12.5. The third-order valence-electron chi connectivity index (χ3n) is 8.95. The second-order valence-electron chi connectivity index (χ2n) is 12.4. The molecule has 0 aromatic heterocycles. The van der Waals surface area contributed by atoms with Crippen molar-refractivity contribution in [1.82, 2.24) is 4.58 Å². The lowest BCUT2D eigenvalue weighted by atomic mass is 9.83. The first kappa shape index (κ1) is 27.6. The standard InChI is InChI=1S/C34H32Cl2N2O3/c1-17-15-33(3,4)37(7)25-13-27-21(11-19(17)25)29(30-23(35)9-10-24(36)31(30)32(39)40)22-12-20-18(2)16-34(5,6)38(8)26(20)14-28(22)41-27/h9-16H,1-8H3. The number of carbonyl (C=O) groups is 1. The van der Waals surface area contributed by atoms with E-state index in [-0.39, 0.29) is 26.7 Å². The number of likely N-dealkylation sites (N-methyl/N-ethyl adjacent to an activating group) is 2. The van der Waals surface area contributed by atoms with Crippen LogP contribution in [0.5, 0.6) is 11.5 Å². The summed E-state index contributed by atoms with van der Waals surface area (Å²) >= 11 is 13.3. The molecular weight excluding hydrogens is 555 g/mol. The average Bonchev–Trinajstić information content (AvgIpc) is 2.88. The molecule has 0 spiro atoms. The molecule has 0 bridgehead atoms. The van der Waals surface area contributed by atoms with Gasteiger partial charge in [-0.05, 0) is 69.2 Å². The molecule has 6 rings (SSSR count). The monoisotopic (exact) mass is 586 g/mol. The van der Waals surface area contributed by atoms with Gasteiger partial charge in [0.25, 0.3) is 0 Å². The van der Waals surface area contributed by atoms with Gasteiger partial charge in [-0.3, -0.25) is 0 Å². The summed E-state index contributed by atoms with van der Waals surface area (Å²) in [7, 11) is 4.14. The number of rotatable bonds is 2. The van der Waals surface area contributed by atoms with Crippen LogP contribution >= 0.6 is 23.2 Å². The zero-order valence-electron chi connectivity index (χ0n) is 24.5. The molecule has 5 nitrogen and oxygen atoms in total. The summed E-state index contributed by atoms with van der Waals surface area (Å²) in [5.74, 6) is -0.150. The Hall–Kier alpha value is -3.54. The quantitative estimate of drug-likeness (QED) is 0.284. The number of aromatic carboxylic acids is 1. The van der Waals surface area contributed by atoms with E-state index in [0.29, 0.717) is 22.6 Å². The number of carboxylic acid groups (broad SMARTS) is 1. The minimum atomic E-state index is -1.39. The van der Waals surface area contributed by atoms with Crippen molar-refractivity contribution in [2.45, 2.75) is 52.6 Å². The zero-order valence-corrected chi connectivity index (χ0v) is 26.0. The van der Waals surface area contributed by atoms with Gasteiger partial charge in [0.2, 0.25) is 5.36 Å². The maximum absolute atomic E-state index is 12.5. The lowest BCUT2D eigenvalue weighted by Gasteiger charge is -2.41. The van der Waals surface area contributed by atoms with E-state index in [0.717, 1.165) is 44.1 Å². The first-order valence-electron chi connectivity index (χ1n) is 13.6. The maximum Gasteiger partial charge on any atom is 0.211 e. The molecule has 0 radical (unpaired) electrons. The summed E-state index contributed by atoms with van der Waals surface area (Å²) < 4.78 is 8.91. The molecule has 3 heterocycles. The number of hydrogen-bond acceptors (Lipinski definition) is 4. The van der Waals surface area contributed by atoms with Gasteiger partial charge in [-0.1, -0.05) is 29.3 Å². The van der Waals surface area contributed by atoms with Crippen LogP contribution in [0.25, 0.3) is 16.7 Å². The van der Waals surface area contributed by atoms with Crippen LogP contribution < -0.4 is 29.9 Å². The molecule has 7 heteroatoms. The van der Waals surface area contributed by atoms with Crippen LogP contribution in [0.1, 0.15) is 74.2 Å². The fraction of sp³-hybridized carbons (Fsp3) is 0.294. The second kappa shape index (κ2) is 8.98. The highest BCUT2D eigenvalue weighted by Crippen LogP contribution is 2.47. The molecule has 41 heavy (non-hydrogen) atoms. The summed E-state index contributed by atoms with van der Waals surface area (Å²) in [6.07, 6.45) is 4.47. The summed E-state index contributed by atoms with van der Waals surface area (Å²) in [4.78, 5) is 14.8. The van der Waals surface area contributed by atoms with Crippen molar-refractivity contribution in [2.75, 3.05) is 19.0 Å². The van der Waals surface area contributed by atoms with Crippen LogP contribution in [0.2, 0.25) is 10.0 Å². The Kier molecular flexibility index (Phi) is 6.05. The first-order chi connectivity index (χ1) is 19.1. The molecule has 0 saturated heterocycles. The SMILES string of the molecule is CC1=CC(C)(C)N(C)c2cc3c(cc21)C(c1c(Cl)ccc(Cl)c1C(=O)[O-])=c1cc2c(cc1O3)=[N+](C)C(C)(C)C=C2C. The van der Waals surface area contributed by atoms with E-state index in [1.165, 1.54) is 6.07 Å². The second-order valence-corrected chi connectivity index (χ2v) is 13.2. The summed E-state index contributed by atoms with van der Waals surface area (Å²) in [5.41, 5.74) is 6.56. The highest BCUT2D eigenvalue weighted by Gasteiger charge is 2.35. The van der Waals surface area contributed by atoms with Gasteiger partial charge in [0.15, 0.2) is 5.54 Å². The average molecular weight is 588 g/mol. The van der Waals surface area contributed by atoms with Gasteiger partial charge in [-0.15, -0.1) is 0 Å². The normalized spacial score (nSPS) is 18.0. The number of benzene rings is 3. The van der Waals surface area contributed by atoms with Crippen LogP contribution in [-0.2, 0) is 0 Å². The van der Waals surface area contributed by atoms with Crippen molar-refractivity contribution in [1.29, 1.82) is 0 Å². The van der Waals surface area contributed by atoms with Crippen LogP contribution in [0, 0.1) is 0 Å². The molecule has 0 saturated carbocycles. The summed E-state index contributed by atoms with van der Waals surface area (Å²) in [6.45, 7) is 12.9. The fourth-order valence-electron chi connectivity index (χ4n) is 6.44. The topological polar surface area (TPSA) is 55.6 Å². The van der Waals surface area contributed by atoms with Crippen molar-refractivity contribution in [3.63, 3.8) is 0 Å². The number of anilines is 1. The highest BCUT2D eigenvalue weighted by atomic mass is 35.5. The summed E-state index contributed by atoms with van der Waals surface area (Å²) in [6, 6.07) is 11.4. The minimum absolute atomic E-state index is 0.0672. The number of nitrogens with zero attached hydrogens (tertiary/aromatic N) is 2. The largest absolute Gasteiger partial charge is 0.545 e. The lowest BCUT2D eigenvalue weighted by Crippen LogP contribution is -2.47. The van der Waals surface area contributed by atoms with Crippen LogP contribution in [0.4, 0.5) is 5.69 Å². The number of allylic oxidation sites excluding steroid dienone is 2. The predicted octanol–water partition coefficient (Wildman–Crippen LogP) is 5.66. The molecule has 0 fully saturated rings.